The van der Waals surface area contributed by atoms with Crippen molar-refractivity contribution in [1.29, 1.82) is 0 Å². The molecule has 0 aliphatic carbocycles. The average Bonchev–Trinajstić information content (AvgIpc) is 3.30. The number of carbonyl (C=O) groups is 1. The van der Waals surface area contributed by atoms with Gasteiger partial charge in [0.15, 0.2) is 0 Å². The molecule has 26 heavy (non-hydrogen) atoms. The van der Waals surface area contributed by atoms with E-state index >= 15 is 0 Å². The van der Waals surface area contributed by atoms with Crippen molar-refractivity contribution in [3.63, 3.8) is 0 Å². The van der Waals surface area contributed by atoms with Gasteiger partial charge in [-0.25, -0.2) is 4.98 Å². The predicted octanol–water partition coefficient (Wildman–Crippen LogP) is 5.48. The summed E-state index contributed by atoms with van der Waals surface area (Å²) in [5, 5.41) is 6.37. The normalized spacial score (nSPS) is 14.3. The van der Waals surface area contributed by atoms with Crippen LogP contribution in [-0.2, 0) is 12.6 Å². The molecule has 0 saturated heterocycles. The highest BCUT2D eigenvalue weighted by Crippen LogP contribution is 2.36. The van der Waals surface area contributed by atoms with Crippen molar-refractivity contribution >= 4 is 34.3 Å². The molecule has 3 aromatic rings. The third-order valence-corrected chi connectivity index (χ3v) is 5.84. The number of nitrogens with zero attached hydrogens (tertiary/aromatic N) is 2. The van der Waals surface area contributed by atoms with E-state index in [2.05, 4.69) is 4.98 Å². The summed E-state index contributed by atoms with van der Waals surface area (Å²) in [5.74, 6) is -0.275. The second kappa shape index (κ2) is 6.51. The zero-order valence-corrected chi connectivity index (χ0v) is 15.0. The number of anilines is 1. The van der Waals surface area contributed by atoms with E-state index in [9.17, 15) is 18.0 Å². The van der Waals surface area contributed by atoms with E-state index in [1.54, 1.807) is 16.7 Å². The van der Waals surface area contributed by atoms with Crippen LogP contribution in [0, 0.1) is 0 Å². The fourth-order valence-electron chi connectivity index (χ4n) is 3.01. The zero-order valence-electron chi connectivity index (χ0n) is 13.4. The van der Waals surface area contributed by atoms with Crippen LogP contribution in [0.5, 0.6) is 0 Å². The van der Waals surface area contributed by atoms with Gasteiger partial charge in [-0.3, -0.25) is 4.79 Å². The largest absolute Gasteiger partial charge is 0.416 e. The van der Waals surface area contributed by atoms with Crippen molar-refractivity contribution in [2.75, 3.05) is 11.4 Å². The summed E-state index contributed by atoms with van der Waals surface area (Å²) >= 11 is 2.94. The SMILES string of the molecule is O=C(c1csc(-c2ccsc2)n1)N1CCCc2cc(C(F)(F)F)ccc21. The Kier molecular flexibility index (Phi) is 4.32. The van der Waals surface area contributed by atoms with Crippen molar-refractivity contribution in [2.24, 2.45) is 0 Å². The summed E-state index contributed by atoms with van der Waals surface area (Å²) in [5.41, 5.74) is 1.70. The van der Waals surface area contributed by atoms with Gasteiger partial charge in [0.05, 0.1) is 5.56 Å². The molecule has 3 heterocycles. The first-order chi connectivity index (χ1) is 12.4. The summed E-state index contributed by atoms with van der Waals surface area (Å²) in [7, 11) is 0. The molecule has 0 N–H and O–H groups in total. The minimum atomic E-state index is -4.38. The van der Waals surface area contributed by atoms with Gasteiger partial charge < -0.3 is 4.90 Å². The van der Waals surface area contributed by atoms with Crippen molar-refractivity contribution in [3.8, 4) is 10.6 Å². The van der Waals surface area contributed by atoms with Gasteiger partial charge >= 0.3 is 6.18 Å². The average molecular weight is 394 g/mol. The fourth-order valence-corrected chi connectivity index (χ4v) is 4.52. The Morgan fingerprint density at radius 1 is 1.19 bits per heavy atom. The maximum absolute atomic E-state index is 12.9. The number of thiophene rings is 1. The molecule has 1 aliphatic rings. The molecule has 4 rings (SSSR count). The van der Waals surface area contributed by atoms with Gasteiger partial charge in [-0.05, 0) is 48.1 Å². The lowest BCUT2D eigenvalue weighted by Gasteiger charge is -2.29. The predicted molar refractivity (Wildman–Crippen MR) is 96.9 cm³/mol. The number of halogens is 3. The molecule has 8 heteroatoms. The van der Waals surface area contributed by atoms with Crippen LogP contribution >= 0.6 is 22.7 Å². The molecule has 2 aromatic heterocycles. The molecule has 0 radical (unpaired) electrons. The molecule has 0 unspecified atom stereocenters. The smallest absolute Gasteiger partial charge is 0.307 e. The number of hydrogen-bond donors (Lipinski definition) is 0. The maximum atomic E-state index is 12.9. The number of thiazole rings is 1. The minimum absolute atomic E-state index is 0.275. The molecule has 0 atom stereocenters. The summed E-state index contributed by atoms with van der Waals surface area (Å²) < 4.78 is 38.8. The quantitative estimate of drug-likeness (QED) is 0.576. The van der Waals surface area contributed by atoms with E-state index < -0.39 is 11.7 Å². The second-order valence-electron chi connectivity index (χ2n) is 5.95. The summed E-state index contributed by atoms with van der Waals surface area (Å²) in [6.07, 6.45) is -3.23. The molecular weight excluding hydrogens is 381 g/mol. The highest BCUT2D eigenvalue weighted by Gasteiger charge is 2.33. The molecular formula is C18H13F3N2OS2. The van der Waals surface area contributed by atoms with Crippen LogP contribution in [0.3, 0.4) is 0 Å². The Bertz CT molecular complexity index is 948. The zero-order chi connectivity index (χ0) is 18.3. The lowest BCUT2D eigenvalue weighted by atomic mass is 9.98. The highest BCUT2D eigenvalue weighted by molar-refractivity contribution is 7.14. The molecule has 1 aromatic carbocycles. The molecule has 0 spiro atoms. The Labute approximate surface area is 155 Å². The standard InChI is InChI=1S/C18H13F3N2OS2/c19-18(20,21)13-3-4-15-11(8-13)2-1-6-23(15)17(24)14-10-26-16(22-14)12-5-7-25-9-12/h3-5,7-10H,1-2,6H2. The molecule has 3 nitrogen and oxygen atoms in total. The summed E-state index contributed by atoms with van der Waals surface area (Å²) in [6, 6.07) is 5.50. The van der Waals surface area contributed by atoms with Crippen LogP contribution in [0.25, 0.3) is 10.6 Å². The first-order valence-corrected chi connectivity index (χ1v) is 9.76. The lowest BCUT2D eigenvalue weighted by Crippen LogP contribution is -2.35. The first-order valence-electron chi connectivity index (χ1n) is 7.93. The number of aromatic nitrogens is 1. The number of rotatable bonds is 2. The van der Waals surface area contributed by atoms with E-state index in [0.29, 0.717) is 36.3 Å². The van der Waals surface area contributed by atoms with Crippen molar-refractivity contribution in [1.82, 2.24) is 4.98 Å². The van der Waals surface area contributed by atoms with E-state index in [1.165, 1.54) is 22.3 Å². The van der Waals surface area contributed by atoms with Crippen molar-refractivity contribution in [3.05, 3.63) is 57.2 Å². The van der Waals surface area contributed by atoms with Crippen LogP contribution in [0.1, 0.15) is 28.0 Å². The topological polar surface area (TPSA) is 33.2 Å². The number of hydrogen-bond acceptors (Lipinski definition) is 4. The Morgan fingerprint density at radius 3 is 2.77 bits per heavy atom. The molecule has 1 amide bonds. The van der Waals surface area contributed by atoms with Gasteiger partial charge in [0.2, 0.25) is 0 Å². The Morgan fingerprint density at radius 2 is 2.04 bits per heavy atom. The van der Waals surface area contributed by atoms with E-state index in [1.807, 2.05) is 16.8 Å². The Balaban J connectivity index is 1.64. The van der Waals surface area contributed by atoms with Crippen LogP contribution < -0.4 is 4.90 Å². The second-order valence-corrected chi connectivity index (χ2v) is 7.59. The van der Waals surface area contributed by atoms with Gasteiger partial charge in [0.25, 0.3) is 5.91 Å². The number of fused-ring (bicyclic) bond motifs is 1. The van der Waals surface area contributed by atoms with Crippen LogP contribution in [0.4, 0.5) is 18.9 Å². The number of aryl methyl sites for hydroxylation is 1. The van der Waals surface area contributed by atoms with E-state index in [0.717, 1.165) is 22.7 Å². The minimum Gasteiger partial charge on any atom is -0.307 e. The van der Waals surface area contributed by atoms with Crippen LogP contribution in [0.15, 0.2) is 40.4 Å². The van der Waals surface area contributed by atoms with E-state index in [4.69, 9.17) is 0 Å². The molecule has 134 valence electrons. The van der Waals surface area contributed by atoms with Crippen LogP contribution in [-0.4, -0.2) is 17.4 Å². The van der Waals surface area contributed by atoms with Gasteiger partial charge in [-0.1, -0.05) is 0 Å². The lowest BCUT2D eigenvalue weighted by molar-refractivity contribution is -0.137. The first kappa shape index (κ1) is 17.2. The third-order valence-electron chi connectivity index (χ3n) is 4.26. The number of benzene rings is 1. The van der Waals surface area contributed by atoms with E-state index in [-0.39, 0.29) is 5.91 Å². The molecule has 0 fully saturated rings. The number of carbonyl (C=O) groups excluding carboxylic acids is 1. The Hall–Kier alpha value is -2.19. The maximum Gasteiger partial charge on any atom is 0.416 e. The van der Waals surface area contributed by atoms with Gasteiger partial charge in [-0.15, -0.1) is 11.3 Å². The fraction of sp³-hybridized carbons (Fsp3) is 0.222. The third kappa shape index (κ3) is 3.14. The highest BCUT2D eigenvalue weighted by atomic mass is 32.1. The summed E-state index contributed by atoms with van der Waals surface area (Å²) in [4.78, 5) is 18.8. The van der Waals surface area contributed by atoms with Crippen LogP contribution in [0.2, 0.25) is 0 Å². The van der Waals surface area contributed by atoms with Gasteiger partial charge in [0.1, 0.15) is 10.7 Å². The summed E-state index contributed by atoms with van der Waals surface area (Å²) in [6.45, 7) is 0.475. The van der Waals surface area contributed by atoms with Gasteiger partial charge in [0, 0.05) is 28.6 Å². The van der Waals surface area contributed by atoms with Gasteiger partial charge in [-0.2, -0.15) is 24.5 Å². The number of alkyl halides is 3. The van der Waals surface area contributed by atoms with Crippen molar-refractivity contribution in [2.45, 2.75) is 19.0 Å². The number of amides is 1. The van der Waals surface area contributed by atoms with Crippen molar-refractivity contribution < 1.29 is 18.0 Å². The molecule has 0 saturated carbocycles. The molecule has 1 aliphatic heterocycles. The monoisotopic (exact) mass is 394 g/mol. The molecule has 0 bridgehead atoms.